The van der Waals surface area contributed by atoms with E-state index in [0.717, 1.165) is 22.1 Å². The Hall–Kier alpha value is -2.67. The van der Waals surface area contributed by atoms with Gasteiger partial charge in [0.2, 0.25) is 0 Å². The predicted molar refractivity (Wildman–Crippen MR) is 101 cm³/mol. The predicted octanol–water partition coefficient (Wildman–Crippen LogP) is 3.80. The van der Waals surface area contributed by atoms with Crippen LogP contribution < -0.4 is 10.6 Å². The second kappa shape index (κ2) is 7.94. The van der Waals surface area contributed by atoms with Gasteiger partial charge in [0.05, 0.1) is 0 Å². The molecule has 2 aromatic carbocycles. The number of hydrogen-bond donors (Lipinski definition) is 3. The molecule has 0 aliphatic carbocycles. The molecule has 3 N–H and O–H groups in total. The minimum Gasteiger partial charge on any atom is -0.346 e. The Balaban J connectivity index is 1.65. The first-order valence-electron chi connectivity index (χ1n) is 7.95. The zero-order valence-electron chi connectivity index (χ0n) is 13.7. The van der Waals surface area contributed by atoms with Gasteiger partial charge in [-0.3, -0.25) is 4.79 Å². The number of nitrogens with one attached hydrogen (secondary N) is 3. The molecule has 0 saturated heterocycles. The summed E-state index contributed by atoms with van der Waals surface area (Å²) in [7, 11) is 0. The summed E-state index contributed by atoms with van der Waals surface area (Å²) in [5.74, 6) is 0.113. The molecule has 1 amide bonds. The number of rotatable bonds is 6. The lowest BCUT2D eigenvalue weighted by molar-refractivity contribution is 0.0946. The van der Waals surface area contributed by atoms with E-state index in [0.29, 0.717) is 12.4 Å². The van der Waals surface area contributed by atoms with Crippen LogP contribution in [-0.2, 0) is 13.0 Å². The molecular formula is C18H18BrN5O. The fourth-order valence-corrected chi connectivity index (χ4v) is 2.57. The number of benzene rings is 2. The number of halogens is 1. The maximum absolute atomic E-state index is 12.4. The average Bonchev–Trinajstić information content (AvgIpc) is 3.10. The smallest absolute Gasteiger partial charge is 0.275 e. The molecule has 7 heteroatoms. The molecule has 3 rings (SSSR count). The molecule has 1 heterocycles. The van der Waals surface area contributed by atoms with Crippen LogP contribution in [0.25, 0.3) is 0 Å². The summed E-state index contributed by atoms with van der Waals surface area (Å²) < 4.78 is 1.000. The minimum atomic E-state index is -0.288. The van der Waals surface area contributed by atoms with Gasteiger partial charge in [0.1, 0.15) is 0 Å². The molecule has 25 heavy (non-hydrogen) atoms. The molecule has 0 saturated carbocycles. The summed E-state index contributed by atoms with van der Waals surface area (Å²) in [6.45, 7) is 2.53. The fraction of sp³-hybridized carbons (Fsp3) is 0.167. The first kappa shape index (κ1) is 17.2. The summed E-state index contributed by atoms with van der Waals surface area (Å²) in [6, 6.07) is 15.7. The van der Waals surface area contributed by atoms with Crippen LogP contribution in [0.5, 0.6) is 0 Å². The van der Waals surface area contributed by atoms with Crippen molar-refractivity contribution in [1.29, 1.82) is 0 Å². The van der Waals surface area contributed by atoms with Crippen LogP contribution in [0.4, 0.5) is 11.5 Å². The number of aromatic nitrogens is 3. The molecule has 0 bridgehead atoms. The molecule has 0 aliphatic rings. The van der Waals surface area contributed by atoms with Gasteiger partial charge in [-0.15, -0.1) is 10.2 Å². The van der Waals surface area contributed by atoms with Crippen molar-refractivity contribution in [3.05, 3.63) is 69.8 Å². The minimum absolute atomic E-state index is 0.233. The standard InChI is InChI=1S/C18H18BrN5O/c1-2-12-5-9-15(10-6-12)21-17-16(22-24-23-17)18(25)20-11-13-3-7-14(19)8-4-13/h3-10H,2,11H2,1H3,(H,20,25)(H2,21,22,23,24). The van der Waals surface area contributed by atoms with Gasteiger partial charge in [0.15, 0.2) is 11.5 Å². The van der Waals surface area contributed by atoms with Crippen molar-refractivity contribution in [2.45, 2.75) is 19.9 Å². The molecule has 6 nitrogen and oxygen atoms in total. The topological polar surface area (TPSA) is 82.7 Å². The lowest BCUT2D eigenvalue weighted by Gasteiger charge is -2.07. The van der Waals surface area contributed by atoms with Gasteiger partial charge in [-0.2, -0.15) is 5.21 Å². The maximum Gasteiger partial charge on any atom is 0.275 e. The molecule has 0 aliphatic heterocycles. The molecule has 0 fully saturated rings. The van der Waals surface area contributed by atoms with Crippen molar-refractivity contribution >= 4 is 33.3 Å². The van der Waals surface area contributed by atoms with Gasteiger partial charge < -0.3 is 10.6 Å². The first-order valence-corrected chi connectivity index (χ1v) is 8.74. The van der Waals surface area contributed by atoms with Gasteiger partial charge in [-0.1, -0.05) is 47.1 Å². The highest BCUT2D eigenvalue weighted by atomic mass is 79.9. The van der Waals surface area contributed by atoms with Crippen LogP contribution in [0.15, 0.2) is 53.0 Å². The van der Waals surface area contributed by atoms with E-state index in [1.165, 1.54) is 5.56 Å². The maximum atomic E-state index is 12.4. The lowest BCUT2D eigenvalue weighted by Crippen LogP contribution is -2.24. The molecule has 0 unspecified atom stereocenters. The molecule has 0 atom stereocenters. The van der Waals surface area contributed by atoms with Gasteiger partial charge >= 0.3 is 0 Å². The van der Waals surface area contributed by atoms with E-state index in [2.05, 4.69) is 48.9 Å². The molecule has 3 aromatic rings. The van der Waals surface area contributed by atoms with Gasteiger partial charge in [0, 0.05) is 16.7 Å². The monoisotopic (exact) mass is 399 g/mol. The Morgan fingerprint density at radius 3 is 2.40 bits per heavy atom. The van der Waals surface area contributed by atoms with E-state index < -0.39 is 0 Å². The highest BCUT2D eigenvalue weighted by Gasteiger charge is 2.16. The quantitative estimate of drug-likeness (QED) is 0.588. The summed E-state index contributed by atoms with van der Waals surface area (Å²) in [5.41, 5.74) is 3.34. The van der Waals surface area contributed by atoms with Crippen molar-refractivity contribution < 1.29 is 4.79 Å². The molecular weight excluding hydrogens is 382 g/mol. The van der Waals surface area contributed by atoms with E-state index in [9.17, 15) is 4.79 Å². The van der Waals surface area contributed by atoms with Crippen LogP contribution in [0, 0.1) is 0 Å². The third kappa shape index (κ3) is 4.45. The number of carbonyl (C=O) groups is 1. The second-order valence-corrected chi connectivity index (χ2v) is 6.42. The summed E-state index contributed by atoms with van der Waals surface area (Å²) in [5, 5.41) is 16.4. The SMILES string of the molecule is CCc1ccc(Nc2n[nH]nc2C(=O)NCc2ccc(Br)cc2)cc1. The fourth-order valence-electron chi connectivity index (χ4n) is 2.31. The average molecular weight is 400 g/mol. The Labute approximate surface area is 154 Å². The summed E-state index contributed by atoms with van der Waals surface area (Å²) in [6.07, 6.45) is 0.980. The second-order valence-electron chi connectivity index (χ2n) is 5.51. The zero-order chi connectivity index (χ0) is 17.6. The van der Waals surface area contributed by atoms with E-state index in [-0.39, 0.29) is 11.6 Å². The van der Waals surface area contributed by atoms with E-state index in [1.54, 1.807) is 0 Å². The van der Waals surface area contributed by atoms with E-state index in [4.69, 9.17) is 0 Å². The Morgan fingerprint density at radius 1 is 1.04 bits per heavy atom. The zero-order valence-corrected chi connectivity index (χ0v) is 15.3. The number of H-pyrrole nitrogens is 1. The number of nitrogens with zero attached hydrogens (tertiary/aromatic N) is 2. The van der Waals surface area contributed by atoms with Gasteiger partial charge in [-0.05, 0) is 41.8 Å². The highest BCUT2D eigenvalue weighted by molar-refractivity contribution is 9.10. The normalized spacial score (nSPS) is 10.5. The van der Waals surface area contributed by atoms with Crippen molar-refractivity contribution in [2.24, 2.45) is 0 Å². The lowest BCUT2D eigenvalue weighted by atomic mass is 10.1. The Kier molecular flexibility index (Phi) is 5.45. The van der Waals surface area contributed by atoms with Crippen LogP contribution in [0.3, 0.4) is 0 Å². The number of hydrogen-bond acceptors (Lipinski definition) is 4. The van der Waals surface area contributed by atoms with Gasteiger partial charge in [0.25, 0.3) is 5.91 Å². The summed E-state index contributed by atoms with van der Waals surface area (Å²) in [4.78, 5) is 12.4. The van der Waals surface area contributed by atoms with Crippen molar-refractivity contribution in [3.8, 4) is 0 Å². The molecule has 0 radical (unpaired) electrons. The summed E-state index contributed by atoms with van der Waals surface area (Å²) >= 11 is 3.39. The van der Waals surface area contributed by atoms with Crippen molar-refractivity contribution in [1.82, 2.24) is 20.7 Å². The van der Waals surface area contributed by atoms with Gasteiger partial charge in [-0.25, -0.2) is 0 Å². The van der Waals surface area contributed by atoms with Crippen LogP contribution >= 0.6 is 15.9 Å². The Bertz CT molecular complexity index is 843. The van der Waals surface area contributed by atoms with Crippen molar-refractivity contribution in [3.63, 3.8) is 0 Å². The third-order valence-electron chi connectivity index (χ3n) is 3.75. The molecule has 0 spiro atoms. The van der Waals surface area contributed by atoms with Crippen LogP contribution in [0.2, 0.25) is 0 Å². The number of amides is 1. The third-order valence-corrected chi connectivity index (χ3v) is 4.28. The molecule has 1 aromatic heterocycles. The number of carbonyl (C=O) groups excluding carboxylic acids is 1. The Morgan fingerprint density at radius 2 is 1.72 bits per heavy atom. The van der Waals surface area contributed by atoms with Crippen LogP contribution in [-0.4, -0.2) is 21.3 Å². The largest absolute Gasteiger partial charge is 0.346 e. The van der Waals surface area contributed by atoms with E-state index >= 15 is 0 Å². The highest BCUT2D eigenvalue weighted by Crippen LogP contribution is 2.18. The van der Waals surface area contributed by atoms with Crippen LogP contribution in [0.1, 0.15) is 28.5 Å². The number of aromatic amines is 1. The molecule has 128 valence electrons. The van der Waals surface area contributed by atoms with E-state index in [1.807, 2.05) is 48.5 Å². The number of aryl methyl sites for hydroxylation is 1. The first-order chi connectivity index (χ1) is 12.2. The number of anilines is 2. The van der Waals surface area contributed by atoms with Crippen molar-refractivity contribution in [2.75, 3.05) is 5.32 Å².